The van der Waals surface area contributed by atoms with Crippen molar-refractivity contribution in [3.8, 4) is 0 Å². The third-order valence-corrected chi connectivity index (χ3v) is 10.2. The fourth-order valence-corrected chi connectivity index (χ4v) is 7.96. The van der Waals surface area contributed by atoms with Crippen LogP contribution in [-0.2, 0) is 9.53 Å². The third kappa shape index (κ3) is 3.77. The molecule has 4 heteroatoms. The molecule has 0 radical (unpaired) electrons. The van der Waals surface area contributed by atoms with Crippen LogP contribution in [0, 0.1) is 16.7 Å². The van der Waals surface area contributed by atoms with Gasteiger partial charge in [0.15, 0.2) is 0 Å². The van der Waals surface area contributed by atoms with Crippen LogP contribution in [0.4, 0.5) is 0 Å². The molecule has 0 saturated heterocycles. The smallest absolute Gasteiger partial charge is 0.312 e. The van der Waals surface area contributed by atoms with Gasteiger partial charge in [-0.25, -0.2) is 0 Å². The minimum atomic E-state index is -0.318. The molecular weight excluding hydrogens is 422 g/mol. The van der Waals surface area contributed by atoms with Crippen molar-refractivity contribution in [3.05, 3.63) is 41.6 Å². The van der Waals surface area contributed by atoms with Crippen molar-refractivity contribution in [2.45, 2.75) is 108 Å². The molecular formula is C30H39NO3. The Morgan fingerprint density at radius 1 is 1.03 bits per heavy atom. The van der Waals surface area contributed by atoms with Crippen molar-refractivity contribution in [3.63, 3.8) is 0 Å². The molecule has 4 fully saturated rings. The number of aliphatic imine (C=N–C) groups is 1. The Bertz CT molecular complexity index is 964. The predicted octanol–water partition coefficient (Wildman–Crippen LogP) is 6.57. The number of aliphatic hydroxyl groups excluding tert-OH is 1. The fourth-order valence-electron chi connectivity index (χ4n) is 7.96. The number of ether oxygens (including phenoxy) is 1. The van der Waals surface area contributed by atoms with Crippen LogP contribution in [0.3, 0.4) is 0 Å². The van der Waals surface area contributed by atoms with E-state index in [0.717, 1.165) is 70.6 Å². The SMILES string of the molecule is O=C(OC1CCCCC1)C12CCC(C(O)CC3c4ccccc4C4=CN=CCCC43)(CC1)CC2. The zero-order valence-electron chi connectivity index (χ0n) is 20.4. The van der Waals surface area contributed by atoms with Crippen molar-refractivity contribution < 1.29 is 14.6 Å². The Labute approximate surface area is 203 Å². The lowest BCUT2D eigenvalue weighted by Crippen LogP contribution is -2.52. The fraction of sp³-hybridized carbons (Fsp3) is 0.667. The van der Waals surface area contributed by atoms with Crippen molar-refractivity contribution in [1.82, 2.24) is 0 Å². The normalized spacial score (nSPS) is 35.7. The van der Waals surface area contributed by atoms with Crippen LogP contribution < -0.4 is 0 Å². The Morgan fingerprint density at radius 3 is 2.53 bits per heavy atom. The van der Waals surface area contributed by atoms with Crippen molar-refractivity contribution >= 4 is 17.8 Å². The molecule has 7 rings (SSSR count). The molecule has 5 aliphatic carbocycles. The van der Waals surface area contributed by atoms with Crippen molar-refractivity contribution in [1.29, 1.82) is 0 Å². The zero-order chi connectivity index (χ0) is 23.2. The molecule has 2 bridgehead atoms. The number of carbonyl (C=O) groups excluding carboxylic acids is 1. The Morgan fingerprint density at radius 2 is 1.76 bits per heavy atom. The summed E-state index contributed by atoms with van der Waals surface area (Å²) in [6.45, 7) is 0. The number of fused-ring (bicyclic) bond motifs is 6. The number of hydrogen-bond acceptors (Lipinski definition) is 4. The van der Waals surface area contributed by atoms with Crippen LogP contribution in [0.5, 0.6) is 0 Å². The maximum absolute atomic E-state index is 13.2. The van der Waals surface area contributed by atoms with Gasteiger partial charge in [-0.15, -0.1) is 0 Å². The van der Waals surface area contributed by atoms with E-state index in [2.05, 4.69) is 35.5 Å². The lowest BCUT2D eigenvalue weighted by atomic mass is 9.51. The summed E-state index contributed by atoms with van der Waals surface area (Å²) < 4.78 is 6.04. The van der Waals surface area contributed by atoms with E-state index in [1.54, 1.807) is 0 Å². The van der Waals surface area contributed by atoms with E-state index in [-0.39, 0.29) is 29.0 Å². The molecule has 1 heterocycles. The number of benzene rings is 1. The molecule has 182 valence electrons. The van der Waals surface area contributed by atoms with E-state index in [4.69, 9.17) is 4.74 Å². The first-order valence-electron chi connectivity index (χ1n) is 13.8. The molecule has 0 aromatic heterocycles. The van der Waals surface area contributed by atoms with Crippen LogP contribution in [0.1, 0.15) is 107 Å². The zero-order valence-corrected chi connectivity index (χ0v) is 20.4. The van der Waals surface area contributed by atoms with Gasteiger partial charge >= 0.3 is 5.97 Å². The maximum Gasteiger partial charge on any atom is 0.312 e. The van der Waals surface area contributed by atoms with Gasteiger partial charge in [-0.3, -0.25) is 9.79 Å². The minimum Gasteiger partial charge on any atom is -0.462 e. The van der Waals surface area contributed by atoms with Gasteiger partial charge in [0.2, 0.25) is 0 Å². The number of rotatable bonds is 5. The van der Waals surface area contributed by atoms with Gasteiger partial charge in [0.05, 0.1) is 11.5 Å². The number of carbonyl (C=O) groups is 1. The number of esters is 1. The summed E-state index contributed by atoms with van der Waals surface area (Å²) in [5, 5.41) is 11.7. The van der Waals surface area contributed by atoms with Crippen LogP contribution >= 0.6 is 0 Å². The summed E-state index contributed by atoms with van der Waals surface area (Å²) in [5.74, 6) is 0.876. The van der Waals surface area contributed by atoms with Gasteiger partial charge in [-0.05, 0) is 117 Å². The van der Waals surface area contributed by atoms with Gasteiger partial charge in [-0.2, -0.15) is 0 Å². The van der Waals surface area contributed by atoms with Crippen LogP contribution in [0.2, 0.25) is 0 Å². The number of hydrogen-bond donors (Lipinski definition) is 1. The van der Waals surface area contributed by atoms with Gasteiger partial charge in [0.1, 0.15) is 6.10 Å². The molecule has 0 spiro atoms. The second-order valence-electron chi connectivity index (χ2n) is 11.9. The molecule has 4 nitrogen and oxygen atoms in total. The van der Waals surface area contributed by atoms with Gasteiger partial charge < -0.3 is 9.84 Å². The molecule has 4 saturated carbocycles. The van der Waals surface area contributed by atoms with Gasteiger partial charge in [0.25, 0.3) is 0 Å². The summed E-state index contributed by atoms with van der Waals surface area (Å²) >= 11 is 0. The topological polar surface area (TPSA) is 58.9 Å². The standard InChI is InChI=1S/C30H39NO3/c32-27(19-25-22-9-4-5-10-23(22)26-20-31-18-6-11-24(25)26)29-12-15-30(16-13-29,17-14-29)28(33)34-21-7-2-1-3-8-21/h4-5,9-10,18,20-21,24-25,27,32H,1-3,6-8,11-17,19H2. The van der Waals surface area contributed by atoms with Gasteiger partial charge in [-0.1, -0.05) is 30.7 Å². The second kappa shape index (κ2) is 8.93. The van der Waals surface area contributed by atoms with Crippen molar-refractivity contribution in [2.75, 3.05) is 0 Å². The van der Waals surface area contributed by atoms with E-state index in [1.165, 1.54) is 36.0 Å². The van der Waals surface area contributed by atoms with Crippen LogP contribution in [0.15, 0.2) is 35.5 Å². The molecule has 3 unspecified atom stereocenters. The highest BCUT2D eigenvalue weighted by Crippen LogP contribution is 2.61. The number of allylic oxidation sites excluding steroid dienone is 1. The summed E-state index contributed by atoms with van der Waals surface area (Å²) in [6, 6.07) is 8.75. The van der Waals surface area contributed by atoms with Crippen LogP contribution in [0.25, 0.3) is 5.57 Å². The van der Waals surface area contributed by atoms with Gasteiger partial charge in [0, 0.05) is 12.4 Å². The molecule has 3 atom stereocenters. The molecule has 1 aliphatic heterocycles. The second-order valence-corrected chi connectivity index (χ2v) is 11.9. The van der Waals surface area contributed by atoms with E-state index >= 15 is 0 Å². The van der Waals surface area contributed by atoms with Crippen LogP contribution in [-0.4, -0.2) is 29.5 Å². The summed E-state index contributed by atoms with van der Waals surface area (Å²) in [6.07, 6.45) is 18.1. The minimum absolute atomic E-state index is 0.0322. The molecule has 0 amide bonds. The Hall–Kier alpha value is -1.94. The van der Waals surface area contributed by atoms with E-state index in [1.807, 2.05) is 6.21 Å². The summed E-state index contributed by atoms with van der Waals surface area (Å²) in [7, 11) is 0. The first-order valence-corrected chi connectivity index (χ1v) is 13.8. The average Bonchev–Trinajstić information content (AvgIpc) is 3.02. The Kier molecular flexibility index (Phi) is 5.91. The van der Waals surface area contributed by atoms with E-state index < -0.39 is 0 Å². The molecule has 6 aliphatic rings. The maximum atomic E-state index is 13.2. The van der Waals surface area contributed by atoms with E-state index in [0.29, 0.717) is 11.8 Å². The largest absolute Gasteiger partial charge is 0.462 e. The third-order valence-electron chi connectivity index (χ3n) is 10.2. The lowest BCUT2D eigenvalue weighted by Gasteiger charge is -2.54. The first kappa shape index (κ1) is 22.5. The van der Waals surface area contributed by atoms with E-state index in [9.17, 15) is 9.90 Å². The molecule has 1 aromatic rings. The molecule has 1 aromatic carbocycles. The average molecular weight is 462 g/mol. The summed E-state index contributed by atoms with van der Waals surface area (Å²) in [4.78, 5) is 17.7. The molecule has 34 heavy (non-hydrogen) atoms. The predicted molar refractivity (Wildman–Crippen MR) is 135 cm³/mol. The molecule has 1 N–H and O–H groups in total. The lowest BCUT2D eigenvalue weighted by molar-refractivity contribution is -0.178. The summed E-state index contributed by atoms with van der Waals surface area (Å²) in [5.41, 5.74) is 3.76. The highest BCUT2D eigenvalue weighted by atomic mass is 16.5. The number of aliphatic hydroxyl groups is 1. The quantitative estimate of drug-likeness (QED) is 0.504. The highest BCUT2D eigenvalue weighted by Gasteiger charge is 2.56. The highest BCUT2D eigenvalue weighted by molar-refractivity contribution is 5.79. The monoisotopic (exact) mass is 461 g/mol. The van der Waals surface area contributed by atoms with Crippen molar-refractivity contribution in [2.24, 2.45) is 21.7 Å². The number of nitrogens with zero attached hydrogens (tertiary/aromatic N) is 1. The Balaban J connectivity index is 1.15. The first-order chi connectivity index (χ1) is 16.6.